The van der Waals surface area contributed by atoms with Crippen molar-refractivity contribution in [2.24, 2.45) is 0 Å². The van der Waals surface area contributed by atoms with E-state index in [1.54, 1.807) is 0 Å². The molecule has 2 aromatic heterocycles. The number of furan rings is 1. The molecule has 4 nitrogen and oxygen atoms in total. The number of rotatable bonds is 4. The Kier molecular flexibility index (Phi) is 6.51. The minimum Gasteiger partial charge on any atom is -0.456 e. The molecule has 0 N–H and O–H groups in total. The second-order valence-corrected chi connectivity index (χ2v) is 13.0. The molecule has 0 aliphatic rings. The van der Waals surface area contributed by atoms with E-state index in [9.17, 15) is 0 Å². The molecule has 0 unspecified atom stereocenters. The van der Waals surface area contributed by atoms with Crippen LogP contribution in [-0.2, 0) is 0 Å². The van der Waals surface area contributed by atoms with E-state index in [1.165, 1.54) is 43.4 Å². The van der Waals surface area contributed by atoms with Crippen LogP contribution in [0, 0.1) is 0 Å². The quantitative estimate of drug-likeness (QED) is 0.176. The number of hydrogen-bond acceptors (Lipinski definition) is 4. The largest absolute Gasteiger partial charge is 0.456 e. The van der Waals surface area contributed by atoms with Gasteiger partial charge in [-0.3, -0.25) is 0 Å². The van der Waals surface area contributed by atoms with Gasteiger partial charge in [-0.05, 0) is 115 Å². The van der Waals surface area contributed by atoms with Crippen molar-refractivity contribution >= 4 is 65.9 Å². The number of para-hydroxylation sites is 1. The Balaban J connectivity index is 1.01. The van der Waals surface area contributed by atoms with Crippen LogP contribution in [0.1, 0.15) is 0 Å². The highest BCUT2D eigenvalue weighted by molar-refractivity contribution is 6.28. The highest BCUT2D eigenvalue weighted by Crippen LogP contribution is 2.35. The Hall–Kier alpha value is -6.36. The number of fused-ring (bicyclic) bond motifs is 7. The predicted molar refractivity (Wildman–Crippen MR) is 206 cm³/mol. The van der Waals surface area contributed by atoms with Gasteiger partial charge >= 0.3 is 0 Å². The minimum absolute atomic E-state index is 0.146. The van der Waals surface area contributed by atoms with Crippen molar-refractivity contribution in [1.29, 1.82) is 0 Å². The van der Waals surface area contributed by atoms with Gasteiger partial charge in [-0.15, -0.1) is 0 Å². The lowest BCUT2D eigenvalue weighted by Crippen LogP contribution is -1.97. The number of hydrogen-bond donors (Lipinski definition) is 0. The maximum Gasteiger partial charge on any atom is 0.226 e. The normalized spacial score (nSPS) is 11.7. The van der Waals surface area contributed by atoms with Crippen LogP contribution in [0.2, 0.25) is 5.28 Å². The van der Waals surface area contributed by atoms with Crippen LogP contribution in [0.3, 0.4) is 0 Å². The van der Waals surface area contributed by atoms with E-state index in [1.807, 2.05) is 42.5 Å². The van der Waals surface area contributed by atoms with Crippen molar-refractivity contribution in [3.8, 4) is 45.0 Å². The third-order valence-electron chi connectivity index (χ3n) is 9.62. The van der Waals surface area contributed by atoms with Gasteiger partial charge in [0.25, 0.3) is 0 Å². The Morgan fingerprint density at radius 2 is 0.880 bits per heavy atom. The van der Waals surface area contributed by atoms with Crippen LogP contribution in [0.15, 0.2) is 162 Å². The number of benzene rings is 8. The molecule has 0 bridgehead atoms. The van der Waals surface area contributed by atoms with E-state index >= 15 is 0 Å². The Morgan fingerprint density at radius 1 is 0.340 bits per heavy atom. The topological polar surface area (TPSA) is 51.8 Å². The number of aromatic nitrogens is 3. The van der Waals surface area contributed by atoms with E-state index in [4.69, 9.17) is 21.0 Å². The first-order valence-electron chi connectivity index (χ1n) is 16.5. The SMILES string of the molecule is Clc1nc(-c2cccc(-c3ccc4ccc(-c5ccc6ccc7ccccc7c6c5)cc4c3)c2)nc(-c2ccc3oc4ccccc4c3c2)n1. The first-order valence-corrected chi connectivity index (χ1v) is 16.9. The molecule has 0 radical (unpaired) electrons. The van der Waals surface area contributed by atoms with Crippen molar-refractivity contribution in [1.82, 2.24) is 15.0 Å². The van der Waals surface area contributed by atoms with E-state index in [-0.39, 0.29) is 5.28 Å². The summed E-state index contributed by atoms with van der Waals surface area (Å²) in [5.74, 6) is 1.03. The maximum absolute atomic E-state index is 6.51. The molecule has 0 saturated carbocycles. The third-order valence-corrected chi connectivity index (χ3v) is 9.79. The van der Waals surface area contributed by atoms with Crippen LogP contribution in [0.5, 0.6) is 0 Å². The molecule has 0 aliphatic heterocycles. The molecule has 0 saturated heterocycles. The summed E-state index contributed by atoms with van der Waals surface area (Å²) in [6.07, 6.45) is 0. The van der Waals surface area contributed by atoms with Gasteiger partial charge < -0.3 is 4.42 Å². The molecular formula is C45H26ClN3O. The lowest BCUT2D eigenvalue weighted by atomic mass is 9.94. The average molecular weight is 660 g/mol. The van der Waals surface area contributed by atoms with Gasteiger partial charge in [0.05, 0.1) is 0 Å². The predicted octanol–water partition coefficient (Wildman–Crippen LogP) is 12.6. The van der Waals surface area contributed by atoms with Gasteiger partial charge in [-0.2, -0.15) is 9.97 Å². The molecule has 10 rings (SSSR count). The van der Waals surface area contributed by atoms with Crippen LogP contribution < -0.4 is 0 Å². The van der Waals surface area contributed by atoms with Gasteiger partial charge in [0, 0.05) is 21.9 Å². The van der Waals surface area contributed by atoms with E-state index in [0.717, 1.165) is 44.2 Å². The summed E-state index contributed by atoms with van der Waals surface area (Å²) in [5.41, 5.74) is 7.93. The molecule has 10 aromatic rings. The van der Waals surface area contributed by atoms with Gasteiger partial charge in [0.2, 0.25) is 5.28 Å². The standard InChI is InChI=1S/C45H26ClN3O/c46-45-48-43(47-44(49-45)35-20-21-42-40(26-35)38-10-3-4-11-41(38)50-42)34-8-5-7-30(22-34)31-17-12-27-13-18-32(24-36(27)23-31)33-19-16-29-15-14-28-6-1-2-9-37(28)39(29)25-33/h1-26H. The van der Waals surface area contributed by atoms with Crippen LogP contribution in [0.25, 0.3) is 99.3 Å². The molecule has 0 spiro atoms. The molecule has 0 amide bonds. The number of halogens is 1. The van der Waals surface area contributed by atoms with Crippen LogP contribution in [-0.4, -0.2) is 15.0 Å². The van der Waals surface area contributed by atoms with Gasteiger partial charge in [0.1, 0.15) is 11.2 Å². The van der Waals surface area contributed by atoms with E-state index in [2.05, 4.69) is 125 Å². The summed E-state index contributed by atoms with van der Waals surface area (Å²) < 4.78 is 6.02. The molecule has 2 heterocycles. The number of nitrogens with zero attached hydrogens (tertiary/aromatic N) is 3. The first-order chi connectivity index (χ1) is 24.6. The third kappa shape index (κ3) is 4.89. The molecule has 5 heteroatoms. The fraction of sp³-hybridized carbons (Fsp3) is 0. The summed E-state index contributed by atoms with van der Waals surface area (Å²) in [4.78, 5) is 13.9. The monoisotopic (exact) mass is 659 g/mol. The molecule has 0 fully saturated rings. The maximum atomic E-state index is 6.51. The summed E-state index contributed by atoms with van der Waals surface area (Å²) in [7, 11) is 0. The summed E-state index contributed by atoms with van der Waals surface area (Å²) in [6.45, 7) is 0. The first kappa shape index (κ1) is 28.6. The highest BCUT2D eigenvalue weighted by Gasteiger charge is 2.14. The summed E-state index contributed by atoms with van der Waals surface area (Å²) in [5, 5.41) is 9.60. The second-order valence-electron chi connectivity index (χ2n) is 12.6. The van der Waals surface area contributed by atoms with Crippen molar-refractivity contribution in [3.63, 3.8) is 0 Å². The summed E-state index contributed by atoms with van der Waals surface area (Å²) in [6, 6.07) is 55.3. The average Bonchev–Trinajstić information content (AvgIpc) is 3.55. The van der Waals surface area contributed by atoms with Gasteiger partial charge in [-0.1, -0.05) is 109 Å². The Bertz CT molecular complexity index is 2960. The molecule has 50 heavy (non-hydrogen) atoms. The smallest absolute Gasteiger partial charge is 0.226 e. The zero-order chi connectivity index (χ0) is 33.2. The van der Waals surface area contributed by atoms with E-state index in [0.29, 0.717) is 11.6 Å². The lowest BCUT2D eigenvalue weighted by Gasteiger charge is -2.10. The van der Waals surface area contributed by atoms with Crippen LogP contribution >= 0.6 is 11.6 Å². The van der Waals surface area contributed by atoms with Crippen molar-refractivity contribution in [2.75, 3.05) is 0 Å². The second kappa shape index (κ2) is 11.4. The lowest BCUT2D eigenvalue weighted by molar-refractivity contribution is 0.669. The highest BCUT2D eigenvalue weighted by atomic mass is 35.5. The minimum atomic E-state index is 0.146. The molecule has 0 atom stereocenters. The van der Waals surface area contributed by atoms with Crippen molar-refractivity contribution < 1.29 is 4.42 Å². The zero-order valence-electron chi connectivity index (χ0n) is 26.6. The van der Waals surface area contributed by atoms with Crippen molar-refractivity contribution in [2.45, 2.75) is 0 Å². The van der Waals surface area contributed by atoms with E-state index < -0.39 is 0 Å². The fourth-order valence-corrected chi connectivity index (χ4v) is 7.26. The fourth-order valence-electron chi connectivity index (χ4n) is 7.10. The summed E-state index contributed by atoms with van der Waals surface area (Å²) >= 11 is 6.51. The molecular weight excluding hydrogens is 634 g/mol. The van der Waals surface area contributed by atoms with Crippen LogP contribution in [0.4, 0.5) is 0 Å². The molecule has 0 aliphatic carbocycles. The van der Waals surface area contributed by atoms with Crippen molar-refractivity contribution in [3.05, 3.63) is 163 Å². The Labute approximate surface area is 292 Å². The molecule has 8 aromatic carbocycles. The van der Waals surface area contributed by atoms with Gasteiger partial charge in [-0.25, -0.2) is 4.98 Å². The van der Waals surface area contributed by atoms with Gasteiger partial charge in [0.15, 0.2) is 11.6 Å². The zero-order valence-corrected chi connectivity index (χ0v) is 27.4. The Morgan fingerprint density at radius 3 is 1.68 bits per heavy atom. The molecule has 234 valence electrons.